The van der Waals surface area contributed by atoms with E-state index in [4.69, 9.17) is 5.73 Å². The number of benzene rings is 1. The highest BCUT2D eigenvalue weighted by Crippen LogP contribution is 2.32. The molecule has 0 bridgehead atoms. The monoisotopic (exact) mass is 541 g/mol. The van der Waals surface area contributed by atoms with Crippen molar-refractivity contribution < 1.29 is 4.39 Å². The summed E-state index contributed by atoms with van der Waals surface area (Å²) in [6.07, 6.45) is 3.02. The van der Waals surface area contributed by atoms with Gasteiger partial charge in [0.2, 0.25) is 5.82 Å². The molecule has 0 aliphatic carbocycles. The zero-order valence-electron chi connectivity index (χ0n) is 22.7. The van der Waals surface area contributed by atoms with E-state index in [0.717, 1.165) is 22.5 Å². The van der Waals surface area contributed by atoms with E-state index in [1.165, 1.54) is 10.9 Å². The van der Waals surface area contributed by atoms with Crippen LogP contribution < -0.4 is 21.9 Å². The molecule has 0 saturated carbocycles. The van der Waals surface area contributed by atoms with Crippen LogP contribution in [0.2, 0.25) is 0 Å². The molecule has 4 aromatic heterocycles. The molecule has 1 unspecified atom stereocenters. The molecule has 0 saturated heterocycles. The summed E-state index contributed by atoms with van der Waals surface area (Å²) in [4.78, 5) is 24.3. The predicted octanol–water partition coefficient (Wildman–Crippen LogP) is 2.65. The van der Waals surface area contributed by atoms with Gasteiger partial charge in [-0.05, 0) is 61.4 Å². The molecule has 5 heterocycles. The second kappa shape index (κ2) is 9.29. The molecule has 0 amide bonds. The Labute approximate surface area is 228 Å². The van der Waals surface area contributed by atoms with E-state index < -0.39 is 5.83 Å². The minimum absolute atomic E-state index is 0.0223. The van der Waals surface area contributed by atoms with Crippen molar-refractivity contribution in [2.75, 3.05) is 11.9 Å². The molecule has 12 nitrogen and oxygen atoms in total. The van der Waals surface area contributed by atoms with Gasteiger partial charge in [-0.2, -0.15) is 4.80 Å². The average molecular weight is 542 g/mol. The molecule has 1 aliphatic rings. The van der Waals surface area contributed by atoms with Gasteiger partial charge in [-0.25, -0.2) is 14.4 Å². The van der Waals surface area contributed by atoms with Gasteiger partial charge in [0.15, 0.2) is 5.83 Å². The number of imidazole rings is 1. The van der Waals surface area contributed by atoms with Crippen molar-refractivity contribution in [3.05, 3.63) is 81.2 Å². The lowest BCUT2D eigenvalue weighted by Crippen LogP contribution is -2.27. The number of nitrogens with one attached hydrogen (secondary N) is 2. The molecule has 4 N–H and O–H groups in total. The zero-order valence-corrected chi connectivity index (χ0v) is 22.7. The van der Waals surface area contributed by atoms with Crippen molar-refractivity contribution >= 4 is 27.8 Å². The van der Waals surface area contributed by atoms with Gasteiger partial charge in [0.1, 0.15) is 29.2 Å². The van der Waals surface area contributed by atoms with E-state index in [1.807, 2.05) is 49.4 Å². The number of fused-ring (bicyclic) bond motifs is 3. The molecule has 40 heavy (non-hydrogen) atoms. The topological polar surface area (TPSA) is 146 Å². The predicted molar refractivity (Wildman–Crippen MR) is 150 cm³/mol. The van der Waals surface area contributed by atoms with Gasteiger partial charge in [-0.1, -0.05) is 6.07 Å². The number of halogens is 1. The highest BCUT2D eigenvalue weighted by atomic mass is 19.1. The Bertz CT molecular complexity index is 1950. The number of dihydropyridines is 1. The highest BCUT2D eigenvalue weighted by Gasteiger charge is 2.23. The zero-order chi connectivity index (χ0) is 28.3. The van der Waals surface area contributed by atoms with Crippen LogP contribution in [0.15, 0.2) is 53.1 Å². The molecule has 204 valence electrons. The summed E-state index contributed by atoms with van der Waals surface area (Å²) in [7, 11) is 3.40. The van der Waals surface area contributed by atoms with Gasteiger partial charge in [-0.3, -0.25) is 13.8 Å². The Balaban J connectivity index is 1.53. The quantitative estimate of drug-likeness (QED) is 0.306. The van der Waals surface area contributed by atoms with Crippen LogP contribution in [0.25, 0.3) is 33.6 Å². The third kappa shape index (κ3) is 4.06. The fourth-order valence-electron chi connectivity index (χ4n) is 5.14. The molecule has 5 aromatic rings. The van der Waals surface area contributed by atoms with E-state index in [9.17, 15) is 9.18 Å². The van der Waals surface area contributed by atoms with Crippen LogP contribution in [0, 0.1) is 13.8 Å². The number of hydrogen-bond acceptors (Lipinski definition) is 9. The molecule has 1 aromatic carbocycles. The summed E-state index contributed by atoms with van der Waals surface area (Å²) >= 11 is 0. The molecule has 1 atom stereocenters. The van der Waals surface area contributed by atoms with Crippen LogP contribution in [-0.4, -0.2) is 45.7 Å². The summed E-state index contributed by atoms with van der Waals surface area (Å²) in [6.45, 7) is 6.16. The Morgan fingerprint density at radius 1 is 1.18 bits per heavy atom. The van der Waals surface area contributed by atoms with Crippen LogP contribution in [0.1, 0.15) is 35.5 Å². The van der Waals surface area contributed by atoms with Gasteiger partial charge < -0.3 is 16.4 Å². The maximum atomic E-state index is 14.3. The Hall–Kier alpha value is -5.07. The fraction of sp³-hybridized carbons (Fsp3) is 0.259. The lowest BCUT2D eigenvalue weighted by Gasteiger charge is -2.21. The number of aromatic nitrogens is 8. The van der Waals surface area contributed by atoms with E-state index in [0.29, 0.717) is 39.3 Å². The van der Waals surface area contributed by atoms with Gasteiger partial charge in [-0.15, -0.1) is 10.2 Å². The number of rotatable bonds is 5. The van der Waals surface area contributed by atoms with Crippen molar-refractivity contribution in [1.82, 2.24) is 44.5 Å². The second-order valence-electron chi connectivity index (χ2n) is 10.0. The van der Waals surface area contributed by atoms with Crippen LogP contribution >= 0.6 is 0 Å². The number of anilines is 1. The van der Waals surface area contributed by atoms with Crippen LogP contribution in [0.3, 0.4) is 0 Å². The van der Waals surface area contributed by atoms with Gasteiger partial charge in [0, 0.05) is 24.9 Å². The number of nitrogens with two attached hydrogens (primary N) is 1. The molecular formula is C27H28FN11O. The van der Waals surface area contributed by atoms with E-state index in [2.05, 4.69) is 36.0 Å². The smallest absolute Gasteiger partial charge is 0.261 e. The number of aryl methyl sites for hydroxylation is 4. The molecule has 1 aliphatic heterocycles. The lowest BCUT2D eigenvalue weighted by molar-refractivity contribution is 0.626. The number of tetrazole rings is 1. The van der Waals surface area contributed by atoms with E-state index >= 15 is 0 Å². The van der Waals surface area contributed by atoms with Gasteiger partial charge in [0.25, 0.3) is 5.56 Å². The third-order valence-corrected chi connectivity index (χ3v) is 7.04. The number of allylic oxidation sites excluding steroid dienone is 2. The third-order valence-electron chi connectivity index (χ3n) is 7.04. The second-order valence-corrected chi connectivity index (χ2v) is 10.0. The van der Waals surface area contributed by atoms with Crippen molar-refractivity contribution in [2.24, 2.45) is 19.8 Å². The maximum Gasteiger partial charge on any atom is 0.261 e. The SMILES string of the molecule is Cc1cc(C(C)Nc2ccc(C)nc2-c2nnn(C)n2)c2c(c1)c(=O)n(C)c1c(C3=CC(F)=C(N)NC3)ncn21. The fourth-order valence-corrected chi connectivity index (χ4v) is 5.14. The average Bonchev–Trinajstić information content (AvgIpc) is 3.56. The van der Waals surface area contributed by atoms with Crippen molar-refractivity contribution in [1.29, 1.82) is 0 Å². The normalized spacial score (nSPS) is 14.5. The summed E-state index contributed by atoms with van der Waals surface area (Å²) in [5.41, 5.74) is 11.8. The first-order valence-corrected chi connectivity index (χ1v) is 12.7. The largest absolute Gasteiger partial charge is 0.383 e. The summed E-state index contributed by atoms with van der Waals surface area (Å²) in [5, 5.41) is 19.4. The minimum atomic E-state index is -0.567. The Kier molecular flexibility index (Phi) is 5.86. The van der Waals surface area contributed by atoms with Gasteiger partial charge in [0.05, 0.1) is 29.7 Å². The van der Waals surface area contributed by atoms with Crippen LogP contribution in [-0.2, 0) is 14.1 Å². The summed E-state index contributed by atoms with van der Waals surface area (Å²) in [5.74, 6) is -0.185. The van der Waals surface area contributed by atoms with Crippen molar-refractivity contribution in [2.45, 2.75) is 26.8 Å². The minimum Gasteiger partial charge on any atom is -0.383 e. The first-order chi connectivity index (χ1) is 19.1. The van der Waals surface area contributed by atoms with Gasteiger partial charge >= 0.3 is 0 Å². The summed E-state index contributed by atoms with van der Waals surface area (Å²) < 4.78 is 17.8. The molecule has 0 spiro atoms. The number of hydrogen-bond donors (Lipinski definition) is 3. The number of pyridine rings is 1. The lowest BCUT2D eigenvalue weighted by atomic mass is 10.0. The molecule has 13 heteroatoms. The summed E-state index contributed by atoms with van der Waals surface area (Å²) in [6, 6.07) is 7.50. The van der Waals surface area contributed by atoms with E-state index in [-0.39, 0.29) is 24.0 Å². The maximum absolute atomic E-state index is 14.3. The van der Waals surface area contributed by atoms with E-state index in [1.54, 1.807) is 25.0 Å². The first-order valence-electron chi connectivity index (χ1n) is 12.7. The van der Waals surface area contributed by atoms with Crippen molar-refractivity contribution in [3.8, 4) is 11.5 Å². The Morgan fingerprint density at radius 2 is 1.98 bits per heavy atom. The van der Waals surface area contributed by atoms with Crippen LogP contribution in [0.4, 0.5) is 10.1 Å². The highest BCUT2D eigenvalue weighted by molar-refractivity contribution is 5.88. The molecule has 6 rings (SSSR count). The first kappa shape index (κ1) is 25.2. The molecular weight excluding hydrogens is 513 g/mol. The molecule has 0 fully saturated rings. The molecule has 0 radical (unpaired) electrons. The standard InChI is InChI=1S/C27H28FN11O/c1-13-8-17(15(3)33-20-7-6-14(2)32-22(20)25-34-36-38(5)35-25)23-18(9-13)27(40)37(4)26-21(31-12-39(23)26)16-10-19(28)24(29)30-11-16/h6-10,12,15,30,33H,11,29H2,1-5H3. The van der Waals surface area contributed by atoms with Crippen LogP contribution in [0.5, 0.6) is 0 Å². The number of nitrogens with zero attached hydrogens (tertiary/aromatic N) is 8. The Morgan fingerprint density at radius 3 is 2.70 bits per heavy atom. The van der Waals surface area contributed by atoms with Crippen molar-refractivity contribution in [3.63, 3.8) is 0 Å².